The van der Waals surface area contributed by atoms with E-state index in [0.717, 1.165) is 38.9 Å². The summed E-state index contributed by atoms with van der Waals surface area (Å²) in [6.07, 6.45) is 3.91. The third-order valence-electron chi connectivity index (χ3n) is 3.71. The number of carbonyl (C=O) groups excluding carboxylic acids is 1. The molecule has 1 amide bonds. The van der Waals surface area contributed by atoms with E-state index < -0.39 is 0 Å². The highest BCUT2D eigenvalue weighted by Crippen LogP contribution is 2.22. The maximum Gasteiger partial charge on any atom is 0.222 e. The van der Waals surface area contributed by atoms with Crippen LogP contribution < -0.4 is 0 Å². The van der Waals surface area contributed by atoms with Gasteiger partial charge in [-0.05, 0) is 32.7 Å². The van der Waals surface area contributed by atoms with E-state index in [4.69, 9.17) is 5.26 Å². The van der Waals surface area contributed by atoms with Crippen molar-refractivity contribution in [3.05, 3.63) is 0 Å². The molecule has 2 fully saturated rings. The second-order valence-corrected chi connectivity index (χ2v) is 4.79. The molecule has 4 nitrogen and oxygen atoms in total. The minimum Gasteiger partial charge on any atom is -0.338 e. The van der Waals surface area contributed by atoms with Crippen molar-refractivity contribution < 1.29 is 4.79 Å². The van der Waals surface area contributed by atoms with E-state index in [9.17, 15) is 4.79 Å². The first kappa shape index (κ1) is 11.4. The molecule has 2 saturated heterocycles. The first-order valence-corrected chi connectivity index (χ1v) is 6.15. The quantitative estimate of drug-likeness (QED) is 0.698. The SMILES string of the molecule is C[C@H](C#N)N1CCC[C@H](N2CCCC2=O)C1. The first-order valence-electron chi connectivity index (χ1n) is 6.15. The van der Waals surface area contributed by atoms with Crippen molar-refractivity contribution in [3.63, 3.8) is 0 Å². The van der Waals surface area contributed by atoms with Gasteiger partial charge in [-0.15, -0.1) is 0 Å². The maximum absolute atomic E-state index is 11.7. The van der Waals surface area contributed by atoms with Crippen molar-refractivity contribution >= 4 is 5.91 Å². The van der Waals surface area contributed by atoms with Crippen molar-refractivity contribution in [1.29, 1.82) is 5.26 Å². The van der Waals surface area contributed by atoms with Gasteiger partial charge in [-0.1, -0.05) is 0 Å². The van der Waals surface area contributed by atoms with Crippen LogP contribution in [0.25, 0.3) is 0 Å². The molecular weight excluding hydrogens is 202 g/mol. The largest absolute Gasteiger partial charge is 0.338 e. The topological polar surface area (TPSA) is 47.3 Å². The Labute approximate surface area is 96.8 Å². The van der Waals surface area contributed by atoms with Crippen LogP contribution in [0, 0.1) is 11.3 Å². The number of nitriles is 1. The van der Waals surface area contributed by atoms with Gasteiger partial charge in [-0.3, -0.25) is 9.69 Å². The second-order valence-electron chi connectivity index (χ2n) is 4.79. The molecule has 0 radical (unpaired) electrons. The number of hydrogen-bond acceptors (Lipinski definition) is 3. The lowest BCUT2D eigenvalue weighted by Crippen LogP contribution is -2.50. The van der Waals surface area contributed by atoms with Crippen LogP contribution in [0.3, 0.4) is 0 Å². The Hall–Kier alpha value is -1.08. The highest BCUT2D eigenvalue weighted by molar-refractivity contribution is 5.78. The van der Waals surface area contributed by atoms with Crippen LogP contribution in [0.1, 0.15) is 32.6 Å². The lowest BCUT2D eigenvalue weighted by atomic mass is 10.0. The van der Waals surface area contributed by atoms with Crippen LogP contribution in [0.15, 0.2) is 0 Å². The number of amides is 1. The van der Waals surface area contributed by atoms with E-state index in [0.29, 0.717) is 18.4 Å². The molecule has 0 spiro atoms. The zero-order valence-corrected chi connectivity index (χ0v) is 9.85. The third-order valence-corrected chi connectivity index (χ3v) is 3.71. The van der Waals surface area contributed by atoms with Crippen LogP contribution in [0.4, 0.5) is 0 Å². The Morgan fingerprint density at radius 1 is 1.44 bits per heavy atom. The van der Waals surface area contributed by atoms with Gasteiger partial charge in [0.1, 0.15) is 0 Å². The summed E-state index contributed by atoms with van der Waals surface area (Å²) in [7, 11) is 0. The average Bonchev–Trinajstić information content (AvgIpc) is 2.74. The fourth-order valence-corrected chi connectivity index (χ4v) is 2.73. The number of hydrogen-bond donors (Lipinski definition) is 0. The minimum atomic E-state index is -0.0273. The van der Waals surface area contributed by atoms with Crippen molar-refractivity contribution in [2.45, 2.75) is 44.7 Å². The van der Waals surface area contributed by atoms with E-state index in [1.165, 1.54) is 0 Å². The van der Waals surface area contributed by atoms with Gasteiger partial charge in [-0.2, -0.15) is 5.26 Å². The predicted octanol–water partition coefficient (Wildman–Crippen LogP) is 0.985. The van der Waals surface area contributed by atoms with E-state index in [-0.39, 0.29) is 6.04 Å². The Bertz CT molecular complexity index is 310. The Balaban J connectivity index is 1.96. The molecule has 0 aromatic heterocycles. The van der Waals surface area contributed by atoms with Gasteiger partial charge in [0, 0.05) is 25.6 Å². The number of carbonyl (C=O) groups is 1. The molecule has 2 aliphatic rings. The molecule has 0 bridgehead atoms. The summed E-state index contributed by atoms with van der Waals surface area (Å²) in [5.74, 6) is 0.302. The molecule has 0 N–H and O–H groups in total. The second kappa shape index (κ2) is 4.84. The Morgan fingerprint density at radius 2 is 2.25 bits per heavy atom. The summed E-state index contributed by atoms with van der Waals surface area (Å²) in [4.78, 5) is 15.9. The lowest BCUT2D eigenvalue weighted by molar-refractivity contribution is -0.130. The lowest BCUT2D eigenvalue weighted by Gasteiger charge is -2.38. The van der Waals surface area contributed by atoms with E-state index in [2.05, 4.69) is 11.0 Å². The van der Waals surface area contributed by atoms with Gasteiger partial charge in [0.15, 0.2) is 0 Å². The van der Waals surface area contributed by atoms with Gasteiger partial charge in [0.25, 0.3) is 0 Å². The minimum absolute atomic E-state index is 0.0273. The molecule has 0 aliphatic carbocycles. The van der Waals surface area contributed by atoms with Crippen molar-refractivity contribution in [2.24, 2.45) is 0 Å². The molecule has 16 heavy (non-hydrogen) atoms. The number of piperidine rings is 1. The van der Waals surface area contributed by atoms with Gasteiger partial charge in [0.05, 0.1) is 12.1 Å². The fraction of sp³-hybridized carbons (Fsp3) is 0.833. The average molecular weight is 221 g/mol. The molecule has 0 unspecified atom stereocenters. The van der Waals surface area contributed by atoms with Gasteiger partial charge < -0.3 is 4.90 Å². The highest BCUT2D eigenvalue weighted by atomic mass is 16.2. The molecule has 4 heteroatoms. The Kier molecular flexibility index (Phi) is 3.45. The molecule has 2 rings (SSSR count). The zero-order chi connectivity index (χ0) is 11.5. The number of nitrogens with zero attached hydrogens (tertiary/aromatic N) is 3. The smallest absolute Gasteiger partial charge is 0.222 e. The first-order chi connectivity index (χ1) is 7.72. The van der Waals surface area contributed by atoms with Crippen LogP contribution >= 0.6 is 0 Å². The van der Waals surface area contributed by atoms with Crippen molar-refractivity contribution in [1.82, 2.24) is 9.80 Å². The van der Waals surface area contributed by atoms with Gasteiger partial charge in [0.2, 0.25) is 5.91 Å². The number of rotatable bonds is 2. The van der Waals surface area contributed by atoms with Gasteiger partial charge >= 0.3 is 0 Å². The third kappa shape index (κ3) is 2.19. The zero-order valence-electron chi connectivity index (χ0n) is 9.85. The predicted molar refractivity (Wildman–Crippen MR) is 60.6 cm³/mol. The summed E-state index contributed by atoms with van der Waals surface area (Å²) < 4.78 is 0. The summed E-state index contributed by atoms with van der Waals surface area (Å²) in [5.41, 5.74) is 0. The van der Waals surface area contributed by atoms with Crippen LogP contribution in [-0.2, 0) is 4.79 Å². The monoisotopic (exact) mass is 221 g/mol. The van der Waals surface area contributed by atoms with Crippen LogP contribution in [-0.4, -0.2) is 47.4 Å². The van der Waals surface area contributed by atoms with Gasteiger partial charge in [-0.25, -0.2) is 0 Å². The van der Waals surface area contributed by atoms with E-state index >= 15 is 0 Å². The van der Waals surface area contributed by atoms with Crippen molar-refractivity contribution in [3.8, 4) is 6.07 Å². The standard InChI is InChI=1S/C12H19N3O/c1-10(8-13)14-6-2-4-11(9-14)15-7-3-5-12(15)16/h10-11H,2-7,9H2,1H3/t10-,11+/m1/s1. The maximum atomic E-state index is 11.7. The molecule has 0 aromatic rings. The molecule has 0 aromatic carbocycles. The molecule has 2 heterocycles. The van der Waals surface area contributed by atoms with Crippen molar-refractivity contribution in [2.75, 3.05) is 19.6 Å². The summed E-state index contributed by atoms with van der Waals surface area (Å²) >= 11 is 0. The molecule has 88 valence electrons. The summed E-state index contributed by atoms with van der Waals surface area (Å²) in [6, 6.07) is 2.60. The van der Waals surface area contributed by atoms with Crippen LogP contribution in [0.5, 0.6) is 0 Å². The molecular formula is C12H19N3O. The molecule has 2 aliphatic heterocycles. The molecule has 0 saturated carbocycles. The normalized spacial score (nSPS) is 29.1. The van der Waals surface area contributed by atoms with E-state index in [1.54, 1.807) is 0 Å². The number of likely N-dealkylation sites (tertiary alicyclic amines) is 2. The fourth-order valence-electron chi connectivity index (χ4n) is 2.73. The van der Waals surface area contributed by atoms with Crippen LogP contribution in [0.2, 0.25) is 0 Å². The Morgan fingerprint density at radius 3 is 2.88 bits per heavy atom. The summed E-state index contributed by atoms with van der Waals surface area (Å²) in [6.45, 7) is 4.72. The highest BCUT2D eigenvalue weighted by Gasteiger charge is 2.32. The molecule has 2 atom stereocenters. The van der Waals surface area contributed by atoms with E-state index in [1.807, 2.05) is 11.8 Å². The summed E-state index contributed by atoms with van der Waals surface area (Å²) in [5, 5.41) is 8.92.